The number of carbonyl (C=O) groups is 2. The Bertz CT molecular complexity index is 1360. The third-order valence-corrected chi connectivity index (χ3v) is 7.48. The summed E-state index contributed by atoms with van der Waals surface area (Å²) in [6.45, 7) is 11.4. The molecular weight excluding hydrogens is 504 g/mol. The number of thiocarbonyl (C=S) groups is 1. The van der Waals surface area contributed by atoms with Crippen LogP contribution in [-0.4, -0.2) is 57.5 Å². The summed E-state index contributed by atoms with van der Waals surface area (Å²) in [4.78, 5) is 31.8. The van der Waals surface area contributed by atoms with Gasteiger partial charge in [0.05, 0.1) is 0 Å². The smallest absolute Gasteiger partial charge is 0.265 e. The maximum Gasteiger partial charge on any atom is 0.265 e. The van der Waals surface area contributed by atoms with Gasteiger partial charge in [0.2, 0.25) is 0 Å². The van der Waals surface area contributed by atoms with E-state index >= 15 is 0 Å². The van der Waals surface area contributed by atoms with Crippen LogP contribution in [-0.2, 0) is 16.1 Å². The minimum absolute atomic E-state index is 0.127. The van der Waals surface area contributed by atoms with E-state index in [1.807, 2.05) is 44.2 Å². The van der Waals surface area contributed by atoms with Gasteiger partial charge >= 0.3 is 0 Å². The Balaban J connectivity index is 1.71. The molecule has 0 N–H and O–H groups in total. The highest BCUT2D eigenvalue weighted by molar-refractivity contribution is 7.80. The SMILES string of the molecule is CCN1C(=O)C(=Cc2ccc(/C=C/c3ccc(N(CC)CC)cc3)n2Cc2ccccc2)C(=O)N(CC)C1=S. The monoisotopic (exact) mass is 540 g/mol. The molecule has 6 nitrogen and oxygen atoms in total. The van der Waals surface area contributed by atoms with Gasteiger partial charge in [-0.1, -0.05) is 48.5 Å². The average Bonchev–Trinajstić information content (AvgIpc) is 3.33. The van der Waals surface area contributed by atoms with Crippen LogP contribution >= 0.6 is 12.2 Å². The highest BCUT2D eigenvalue weighted by Gasteiger charge is 2.38. The molecule has 2 aromatic carbocycles. The van der Waals surface area contributed by atoms with Crippen LogP contribution in [0.15, 0.2) is 72.3 Å². The Morgan fingerprint density at radius 2 is 1.33 bits per heavy atom. The fourth-order valence-electron chi connectivity index (χ4n) is 4.82. The number of rotatable bonds is 10. The summed E-state index contributed by atoms with van der Waals surface area (Å²) in [6.07, 6.45) is 5.87. The first kappa shape index (κ1) is 28.0. The number of nitrogens with zero attached hydrogens (tertiary/aromatic N) is 4. The Kier molecular flexibility index (Phi) is 9.15. The Hall–Kier alpha value is -3.97. The van der Waals surface area contributed by atoms with E-state index in [1.165, 1.54) is 15.5 Å². The number of aromatic nitrogens is 1. The van der Waals surface area contributed by atoms with E-state index in [9.17, 15) is 9.59 Å². The van der Waals surface area contributed by atoms with E-state index in [0.717, 1.165) is 35.6 Å². The lowest BCUT2D eigenvalue weighted by Gasteiger charge is -2.35. The summed E-state index contributed by atoms with van der Waals surface area (Å²) in [5.41, 5.74) is 5.32. The lowest BCUT2D eigenvalue weighted by Crippen LogP contribution is -2.55. The van der Waals surface area contributed by atoms with Gasteiger partial charge in [-0.2, -0.15) is 0 Å². The predicted molar refractivity (Wildman–Crippen MR) is 164 cm³/mol. The standard InChI is InChI=1S/C32H36N4O2S/c1-5-33(6-2)26-17-14-24(15-18-26)16-19-27-20-21-28(36(27)23-25-12-10-9-11-13-25)22-29-30(37)34(7-3)32(39)35(8-4)31(29)38/h9-22H,5-8,23H2,1-4H3/b19-16+. The summed E-state index contributed by atoms with van der Waals surface area (Å²) >= 11 is 5.42. The van der Waals surface area contributed by atoms with Crippen molar-refractivity contribution in [1.82, 2.24) is 14.4 Å². The van der Waals surface area contributed by atoms with Crippen LogP contribution in [0.3, 0.4) is 0 Å². The maximum absolute atomic E-state index is 13.2. The normalized spacial score (nSPS) is 14.1. The lowest BCUT2D eigenvalue weighted by atomic mass is 10.1. The first-order valence-electron chi connectivity index (χ1n) is 13.6. The molecule has 0 spiro atoms. The molecule has 0 atom stereocenters. The highest BCUT2D eigenvalue weighted by atomic mass is 32.1. The molecule has 3 aromatic rings. The third kappa shape index (κ3) is 6.04. The van der Waals surface area contributed by atoms with Crippen LogP contribution in [0.2, 0.25) is 0 Å². The highest BCUT2D eigenvalue weighted by Crippen LogP contribution is 2.24. The van der Waals surface area contributed by atoms with Crippen LogP contribution in [0.25, 0.3) is 18.2 Å². The van der Waals surface area contributed by atoms with Gasteiger partial charge in [0.1, 0.15) is 5.57 Å². The van der Waals surface area contributed by atoms with Crippen LogP contribution in [0.4, 0.5) is 5.69 Å². The molecule has 1 saturated heterocycles. The van der Waals surface area contributed by atoms with Crippen molar-refractivity contribution in [3.05, 3.63) is 94.8 Å². The zero-order valence-corrected chi connectivity index (χ0v) is 23.9. The van der Waals surface area contributed by atoms with Gasteiger partial charge in [-0.05, 0) is 87.5 Å². The molecule has 7 heteroatoms. The second-order valence-electron chi connectivity index (χ2n) is 9.29. The van der Waals surface area contributed by atoms with Crippen molar-refractivity contribution in [2.45, 2.75) is 34.2 Å². The molecule has 2 heterocycles. The van der Waals surface area contributed by atoms with Crippen LogP contribution in [0, 0.1) is 0 Å². The summed E-state index contributed by atoms with van der Waals surface area (Å²) in [7, 11) is 0. The molecule has 1 aliphatic heterocycles. The molecule has 1 aromatic heterocycles. The lowest BCUT2D eigenvalue weighted by molar-refractivity contribution is -0.133. The van der Waals surface area contributed by atoms with Gasteiger partial charge in [-0.3, -0.25) is 19.4 Å². The molecule has 0 bridgehead atoms. The molecular formula is C32H36N4O2S. The van der Waals surface area contributed by atoms with Crippen molar-refractivity contribution >= 4 is 53.1 Å². The summed E-state index contributed by atoms with van der Waals surface area (Å²) < 4.78 is 2.13. The molecule has 0 radical (unpaired) electrons. The van der Waals surface area contributed by atoms with Gasteiger partial charge in [-0.15, -0.1) is 0 Å². The number of benzene rings is 2. The maximum atomic E-state index is 13.2. The van der Waals surface area contributed by atoms with Crippen LogP contribution in [0.1, 0.15) is 50.2 Å². The molecule has 1 aliphatic rings. The van der Waals surface area contributed by atoms with E-state index in [2.05, 4.69) is 71.9 Å². The van der Waals surface area contributed by atoms with Gasteiger partial charge in [0.25, 0.3) is 11.8 Å². The van der Waals surface area contributed by atoms with E-state index in [4.69, 9.17) is 12.2 Å². The molecule has 4 rings (SSSR count). The Labute approximate surface area is 236 Å². The molecule has 2 amide bonds. The fraction of sp³-hybridized carbons (Fsp3) is 0.281. The van der Waals surface area contributed by atoms with Crippen molar-refractivity contribution < 1.29 is 9.59 Å². The summed E-state index contributed by atoms with van der Waals surface area (Å²) in [5.74, 6) is -0.704. The molecule has 0 aliphatic carbocycles. The Morgan fingerprint density at radius 1 is 0.744 bits per heavy atom. The summed E-state index contributed by atoms with van der Waals surface area (Å²) in [5, 5.41) is 0.266. The average molecular weight is 541 g/mol. The number of hydrogen-bond acceptors (Lipinski definition) is 4. The minimum Gasteiger partial charge on any atom is -0.372 e. The van der Waals surface area contributed by atoms with E-state index < -0.39 is 0 Å². The van der Waals surface area contributed by atoms with Crippen molar-refractivity contribution in [1.29, 1.82) is 0 Å². The number of anilines is 1. The second kappa shape index (κ2) is 12.7. The first-order valence-corrected chi connectivity index (χ1v) is 14.0. The van der Waals surface area contributed by atoms with Crippen LogP contribution in [0.5, 0.6) is 0 Å². The minimum atomic E-state index is -0.352. The predicted octanol–water partition coefficient (Wildman–Crippen LogP) is 5.93. The largest absolute Gasteiger partial charge is 0.372 e. The van der Waals surface area contributed by atoms with Gasteiger partial charge in [-0.25, -0.2) is 0 Å². The second-order valence-corrected chi connectivity index (χ2v) is 9.66. The molecule has 0 saturated carbocycles. The number of hydrogen-bond donors (Lipinski definition) is 0. The quantitative estimate of drug-likeness (QED) is 0.182. The topological polar surface area (TPSA) is 48.8 Å². The van der Waals surface area contributed by atoms with Crippen molar-refractivity contribution in [3.63, 3.8) is 0 Å². The number of likely N-dealkylation sites (N-methyl/N-ethyl adjacent to an activating group) is 2. The Morgan fingerprint density at radius 3 is 1.90 bits per heavy atom. The number of amides is 2. The number of carbonyl (C=O) groups excluding carboxylic acids is 2. The first-order chi connectivity index (χ1) is 18.9. The van der Waals surface area contributed by atoms with E-state index in [0.29, 0.717) is 19.6 Å². The van der Waals surface area contributed by atoms with Crippen molar-refractivity contribution in [2.24, 2.45) is 0 Å². The molecule has 0 unspecified atom stereocenters. The fourth-order valence-corrected chi connectivity index (χ4v) is 5.24. The van der Waals surface area contributed by atoms with Gasteiger partial charge in [0, 0.05) is 49.8 Å². The molecule has 39 heavy (non-hydrogen) atoms. The molecule has 1 fully saturated rings. The zero-order valence-electron chi connectivity index (χ0n) is 23.1. The summed E-state index contributed by atoms with van der Waals surface area (Å²) in [6, 6.07) is 22.7. The van der Waals surface area contributed by atoms with E-state index in [1.54, 1.807) is 6.08 Å². The van der Waals surface area contributed by atoms with Crippen LogP contribution < -0.4 is 4.90 Å². The van der Waals surface area contributed by atoms with Gasteiger partial charge in [0.15, 0.2) is 5.11 Å². The zero-order chi connectivity index (χ0) is 27.9. The molecule has 202 valence electrons. The van der Waals surface area contributed by atoms with Crippen molar-refractivity contribution in [2.75, 3.05) is 31.1 Å². The van der Waals surface area contributed by atoms with E-state index in [-0.39, 0.29) is 22.5 Å². The van der Waals surface area contributed by atoms with Crippen molar-refractivity contribution in [3.8, 4) is 0 Å². The van der Waals surface area contributed by atoms with Gasteiger partial charge < -0.3 is 9.47 Å². The third-order valence-electron chi connectivity index (χ3n) is 7.04.